The standard InChI is InChI=1S/C27H48O8/c1-8-9-12-20-13-10-11-14-21(31-5)22(32-6)16-15-17(2)24-18(3)23(28)25(33-7)27(30,35-24)19(4)26(29)34-20/h15-25,28,30H,8-14H2,1-7H3/b16-15+/t17-,18-,19+,20+,21-,22+,23-,24-,25+,27+/m0/s1. The zero-order valence-electron chi connectivity index (χ0n) is 22.6. The summed E-state index contributed by atoms with van der Waals surface area (Å²) in [7, 11) is 4.76. The summed E-state index contributed by atoms with van der Waals surface area (Å²) in [5, 5.41) is 22.8. The Labute approximate surface area is 211 Å². The maximum atomic E-state index is 13.2. The molecule has 1 fully saturated rings. The van der Waals surface area contributed by atoms with Crippen LogP contribution in [0.25, 0.3) is 0 Å². The van der Waals surface area contributed by atoms with Gasteiger partial charge in [0.1, 0.15) is 24.2 Å². The Kier molecular flexibility index (Phi) is 12.1. The van der Waals surface area contributed by atoms with Crippen molar-refractivity contribution in [3.05, 3.63) is 12.2 Å². The fourth-order valence-electron chi connectivity index (χ4n) is 5.36. The highest BCUT2D eigenvalue weighted by molar-refractivity contribution is 5.73. The van der Waals surface area contributed by atoms with E-state index in [-0.39, 0.29) is 30.1 Å². The van der Waals surface area contributed by atoms with Crippen molar-refractivity contribution in [2.45, 2.75) is 115 Å². The molecule has 2 aliphatic rings. The molecule has 0 aromatic rings. The van der Waals surface area contributed by atoms with E-state index in [9.17, 15) is 15.0 Å². The fraction of sp³-hybridized carbons (Fsp3) is 0.889. The Morgan fingerprint density at radius 2 is 1.74 bits per heavy atom. The van der Waals surface area contributed by atoms with Crippen LogP contribution in [0.15, 0.2) is 12.2 Å². The number of aliphatic hydroxyl groups is 2. The molecule has 10 atom stereocenters. The summed E-state index contributed by atoms with van der Waals surface area (Å²) < 4.78 is 29.1. The van der Waals surface area contributed by atoms with Crippen LogP contribution >= 0.6 is 0 Å². The highest BCUT2D eigenvalue weighted by Gasteiger charge is 2.58. The predicted octanol–water partition coefficient (Wildman–Crippen LogP) is 3.62. The number of unbranched alkanes of at least 4 members (excludes halogenated alkanes) is 1. The molecule has 0 amide bonds. The molecule has 0 spiro atoms. The smallest absolute Gasteiger partial charge is 0.314 e. The Morgan fingerprint density at radius 1 is 1.06 bits per heavy atom. The molecule has 2 bridgehead atoms. The second-order valence-corrected chi connectivity index (χ2v) is 10.3. The lowest BCUT2D eigenvalue weighted by Gasteiger charge is -2.51. The number of aliphatic hydroxyl groups excluding tert-OH is 1. The van der Waals surface area contributed by atoms with Gasteiger partial charge in [-0.3, -0.25) is 4.79 Å². The second-order valence-electron chi connectivity index (χ2n) is 10.3. The minimum atomic E-state index is -2.04. The van der Waals surface area contributed by atoms with E-state index >= 15 is 0 Å². The molecule has 0 aromatic carbocycles. The number of hydrogen-bond donors (Lipinski definition) is 2. The lowest BCUT2D eigenvalue weighted by Crippen LogP contribution is -2.67. The molecule has 8 heteroatoms. The molecule has 0 saturated carbocycles. The van der Waals surface area contributed by atoms with E-state index in [0.29, 0.717) is 0 Å². The third-order valence-electron chi connectivity index (χ3n) is 7.82. The van der Waals surface area contributed by atoms with Gasteiger partial charge < -0.3 is 33.9 Å². The summed E-state index contributed by atoms with van der Waals surface area (Å²) >= 11 is 0. The molecule has 1 saturated heterocycles. The second kappa shape index (κ2) is 14.1. The fourth-order valence-corrected chi connectivity index (χ4v) is 5.36. The minimum Gasteiger partial charge on any atom is -0.462 e. The molecule has 204 valence electrons. The van der Waals surface area contributed by atoms with E-state index in [1.165, 1.54) is 7.11 Å². The van der Waals surface area contributed by atoms with Crippen LogP contribution in [0.2, 0.25) is 0 Å². The zero-order valence-corrected chi connectivity index (χ0v) is 22.6. The van der Waals surface area contributed by atoms with Crippen molar-refractivity contribution >= 4 is 5.97 Å². The van der Waals surface area contributed by atoms with Gasteiger partial charge in [0.05, 0.1) is 18.3 Å². The van der Waals surface area contributed by atoms with Crippen molar-refractivity contribution in [1.82, 2.24) is 0 Å². The van der Waals surface area contributed by atoms with Crippen molar-refractivity contribution in [1.29, 1.82) is 0 Å². The first-order valence-corrected chi connectivity index (χ1v) is 13.2. The predicted molar refractivity (Wildman–Crippen MR) is 133 cm³/mol. The average Bonchev–Trinajstić information content (AvgIpc) is 2.84. The summed E-state index contributed by atoms with van der Waals surface area (Å²) in [4.78, 5) is 13.2. The number of rotatable bonds is 6. The lowest BCUT2D eigenvalue weighted by atomic mass is 9.78. The third kappa shape index (κ3) is 7.27. The van der Waals surface area contributed by atoms with Gasteiger partial charge in [-0.15, -0.1) is 0 Å². The van der Waals surface area contributed by atoms with Crippen LogP contribution in [0.1, 0.15) is 72.6 Å². The number of carbonyl (C=O) groups is 1. The van der Waals surface area contributed by atoms with Gasteiger partial charge in [0.25, 0.3) is 0 Å². The molecule has 35 heavy (non-hydrogen) atoms. The lowest BCUT2D eigenvalue weighted by molar-refractivity contribution is -0.360. The maximum Gasteiger partial charge on any atom is 0.314 e. The molecule has 0 aromatic heterocycles. The Morgan fingerprint density at radius 3 is 2.34 bits per heavy atom. The van der Waals surface area contributed by atoms with Gasteiger partial charge in [0.15, 0.2) is 0 Å². The van der Waals surface area contributed by atoms with Crippen molar-refractivity contribution in [3.8, 4) is 0 Å². The molecule has 0 unspecified atom stereocenters. The van der Waals surface area contributed by atoms with E-state index in [0.717, 1.165) is 44.9 Å². The van der Waals surface area contributed by atoms with Crippen LogP contribution in [0.5, 0.6) is 0 Å². The van der Waals surface area contributed by atoms with E-state index in [4.69, 9.17) is 23.7 Å². The normalized spacial score (nSPS) is 42.9. The molecule has 0 radical (unpaired) electrons. The third-order valence-corrected chi connectivity index (χ3v) is 7.82. The number of esters is 1. The van der Waals surface area contributed by atoms with E-state index in [2.05, 4.69) is 6.92 Å². The van der Waals surface area contributed by atoms with Crippen molar-refractivity contribution in [2.24, 2.45) is 17.8 Å². The maximum absolute atomic E-state index is 13.2. The summed E-state index contributed by atoms with van der Waals surface area (Å²) in [6, 6.07) is 0. The Bertz CT molecular complexity index is 670. The van der Waals surface area contributed by atoms with Gasteiger partial charge in [-0.1, -0.05) is 52.2 Å². The minimum absolute atomic E-state index is 0.113. The largest absolute Gasteiger partial charge is 0.462 e. The first kappa shape index (κ1) is 30.2. The van der Waals surface area contributed by atoms with Crippen molar-refractivity contribution < 1.29 is 38.7 Å². The number of methoxy groups -OCH3 is 3. The van der Waals surface area contributed by atoms with Crippen LogP contribution < -0.4 is 0 Å². The summed E-state index contributed by atoms with van der Waals surface area (Å²) in [6.07, 6.45) is 6.72. The molecule has 2 aliphatic heterocycles. The number of carbonyl (C=O) groups excluding carboxylic acids is 1. The van der Waals surface area contributed by atoms with Gasteiger partial charge in [-0.2, -0.15) is 0 Å². The monoisotopic (exact) mass is 500 g/mol. The topological polar surface area (TPSA) is 104 Å². The van der Waals surface area contributed by atoms with E-state index in [1.54, 1.807) is 21.1 Å². The molecule has 2 rings (SSSR count). The Hall–Kier alpha value is -1.03. The SMILES string of the molecule is CCCC[C@@H]1CCCC[C@H](OC)[C@H](OC)/C=C/[C@H](C)[C@@H]2O[C@](O)([C@H](C)C(=O)O1)[C@H](OC)[C@@H](O)[C@@H]2C. The summed E-state index contributed by atoms with van der Waals surface area (Å²) in [5.74, 6) is -4.16. The van der Waals surface area contributed by atoms with Gasteiger partial charge in [0.2, 0.25) is 5.79 Å². The van der Waals surface area contributed by atoms with Crippen LogP contribution in [-0.2, 0) is 28.5 Å². The van der Waals surface area contributed by atoms with Crippen LogP contribution in [0.4, 0.5) is 0 Å². The quantitative estimate of drug-likeness (QED) is 0.421. The van der Waals surface area contributed by atoms with Gasteiger partial charge in [-0.25, -0.2) is 0 Å². The van der Waals surface area contributed by atoms with Gasteiger partial charge in [0, 0.05) is 33.2 Å². The molecular formula is C27H48O8. The zero-order chi connectivity index (χ0) is 26.2. The van der Waals surface area contributed by atoms with E-state index < -0.39 is 36.0 Å². The van der Waals surface area contributed by atoms with E-state index in [1.807, 2.05) is 26.0 Å². The highest BCUT2D eigenvalue weighted by atomic mass is 16.7. The van der Waals surface area contributed by atoms with Gasteiger partial charge >= 0.3 is 5.97 Å². The Balaban J connectivity index is 2.44. The average molecular weight is 501 g/mol. The van der Waals surface area contributed by atoms with Gasteiger partial charge in [-0.05, 0) is 32.6 Å². The molecule has 8 nitrogen and oxygen atoms in total. The molecule has 2 N–H and O–H groups in total. The summed E-state index contributed by atoms with van der Waals surface area (Å²) in [5.41, 5.74) is 0. The first-order chi connectivity index (χ1) is 16.6. The molecule has 0 aliphatic carbocycles. The van der Waals surface area contributed by atoms with Crippen LogP contribution in [0.3, 0.4) is 0 Å². The van der Waals surface area contributed by atoms with Crippen LogP contribution in [0, 0.1) is 17.8 Å². The van der Waals surface area contributed by atoms with Crippen molar-refractivity contribution in [3.63, 3.8) is 0 Å². The summed E-state index contributed by atoms with van der Waals surface area (Å²) in [6.45, 7) is 7.50. The molecular weight excluding hydrogens is 452 g/mol. The molecule has 2 heterocycles. The number of hydrogen-bond acceptors (Lipinski definition) is 8. The number of cyclic esters (lactones) is 1. The number of fused-ring (bicyclic) bond motifs is 2. The first-order valence-electron chi connectivity index (χ1n) is 13.2. The highest BCUT2D eigenvalue weighted by Crippen LogP contribution is 2.41. The van der Waals surface area contributed by atoms with Crippen LogP contribution in [-0.4, -0.2) is 79.9 Å². The number of ether oxygens (including phenoxy) is 5. The van der Waals surface area contributed by atoms with Crippen molar-refractivity contribution in [2.75, 3.05) is 21.3 Å².